The topological polar surface area (TPSA) is 68.0 Å². The number of aryl methyl sites for hydroxylation is 1. The van der Waals surface area contributed by atoms with E-state index in [0.29, 0.717) is 0 Å². The van der Waals surface area contributed by atoms with Crippen LogP contribution in [0.15, 0.2) is 24.4 Å². The van der Waals surface area contributed by atoms with E-state index in [1.807, 2.05) is 0 Å². The smallest absolute Gasteiger partial charge is 0.433 e. The normalized spacial score (nSPS) is 11.6. The molecule has 0 aliphatic heterocycles. The van der Waals surface area contributed by atoms with Crippen LogP contribution in [0.4, 0.5) is 13.2 Å². The van der Waals surface area contributed by atoms with Crippen LogP contribution in [0.1, 0.15) is 16.1 Å². The van der Waals surface area contributed by atoms with Crippen molar-refractivity contribution in [2.45, 2.75) is 6.18 Å². The summed E-state index contributed by atoms with van der Waals surface area (Å²) >= 11 is 0. The molecular formula is C11H8F3N3O2. The Balaban J connectivity index is 2.57. The third-order valence-electron chi connectivity index (χ3n) is 2.34. The summed E-state index contributed by atoms with van der Waals surface area (Å²) in [4.78, 5) is 14.4. The third-order valence-corrected chi connectivity index (χ3v) is 2.34. The Hall–Kier alpha value is -2.38. The summed E-state index contributed by atoms with van der Waals surface area (Å²) in [6.07, 6.45) is -3.38. The molecule has 100 valence electrons. The lowest BCUT2D eigenvalue weighted by Crippen LogP contribution is -2.08. The van der Waals surface area contributed by atoms with Gasteiger partial charge in [0.1, 0.15) is 17.0 Å². The number of hydrogen-bond acceptors (Lipinski definition) is 3. The molecule has 0 spiro atoms. The predicted molar refractivity (Wildman–Crippen MR) is 58.4 cm³/mol. The number of aromatic nitrogens is 3. The monoisotopic (exact) mass is 271 g/mol. The highest BCUT2D eigenvalue weighted by Gasteiger charge is 2.33. The van der Waals surface area contributed by atoms with Crippen LogP contribution in [0.3, 0.4) is 0 Å². The molecule has 2 aromatic heterocycles. The van der Waals surface area contributed by atoms with E-state index in [2.05, 4.69) is 10.1 Å². The summed E-state index contributed by atoms with van der Waals surface area (Å²) in [7, 11) is 1.48. The Morgan fingerprint density at radius 2 is 2.05 bits per heavy atom. The van der Waals surface area contributed by atoms with Crippen LogP contribution in [-0.2, 0) is 13.2 Å². The van der Waals surface area contributed by atoms with Crippen LogP contribution in [0, 0.1) is 0 Å². The maximum atomic E-state index is 12.5. The fourth-order valence-electron chi connectivity index (χ4n) is 1.56. The van der Waals surface area contributed by atoms with Gasteiger partial charge in [0.05, 0.1) is 5.69 Å². The van der Waals surface area contributed by atoms with Gasteiger partial charge in [-0.2, -0.15) is 18.3 Å². The minimum atomic E-state index is -4.59. The van der Waals surface area contributed by atoms with Crippen LogP contribution in [0.25, 0.3) is 11.4 Å². The second-order valence-corrected chi connectivity index (χ2v) is 3.78. The first kappa shape index (κ1) is 13.1. The number of aromatic carboxylic acids is 1. The standard InChI is InChI=1S/C11H8F3N3O2/c1-17-5-6(10(18)19)9(16-17)7-3-2-4-8(15-7)11(12,13)14/h2-5H,1H3,(H,18,19). The Morgan fingerprint density at radius 3 is 2.63 bits per heavy atom. The molecule has 0 aliphatic carbocycles. The number of rotatable bonds is 2. The van der Waals surface area contributed by atoms with E-state index >= 15 is 0 Å². The van der Waals surface area contributed by atoms with Crippen molar-refractivity contribution < 1.29 is 23.1 Å². The van der Waals surface area contributed by atoms with E-state index in [1.54, 1.807) is 0 Å². The number of carbonyl (C=O) groups is 1. The number of carboxylic acid groups (broad SMARTS) is 1. The minimum absolute atomic E-state index is 0.0962. The van der Waals surface area contributed by atoms with E-state index in [0.717, 1.165) is 12.1 Å². The number of halogens is 3. The number of pyridine rings is 1. The Kier molecular flexibility index (Phi) is 3.01. The second-order valence-electron chi connectivity index (χ2n) is 3.78. The van der Waals surface area contributed by atoms with Crippen LogP contribution in [0.2, 0.25) is 0 Å². The molecule has 2 aromatic rings. The average molecular weight is 271 g/mol. The van der Waals surface area contributed by atoms with Gasteiger partial charge >= 0.3 is 12.1 Å². The van der Waals surface area contributed by atoms with Crippen LogP contribution in [-0.4, -0.2) is 25.8 Å². The van der Waals surface area contributed by atoms with Crippen molar-refractivity contribution in [3.63, 3.8) is 0 Å². The van der Waals surface area contributed by atoms with Gasteiger partial charge in [-0.05, 0) is 12.1 Å². The van der Waals surface area contributed by atoms with E-state index in [9.17, 15) is 18.0 Å². The van der Waals surface area contributed by atoms with Crippen molar-refractivity contribution >= 4 is 5.97 Å². The summed E-state index contributed by atoms with van der Waals surface area (Å²) in [5.41, 5.74) is -1.52. The van der Waals surface area contributed by atoms with Gasteiger partial charge in [0, 0.05) is 13.2 Å². The zero-order valence-electron chi connectivity index (χ0n) is 9.64. The van der Waals surface area contributed by atoms with Crippen molar-refractivity contribution in [2.75, 3.05) is 0 Å². The second kappa shape index (κ2) is 4.38. The summed E-state index contributed by atoms with van der Waals surface area (Å²) in [6, 6.07) is 3.25. The maximum absolute atomic E-state index is 12.5. The van der Waals surface area contributed by atoms with Crippen LogP contribution >= 0.6 is 0 Å². The summed E-state index contributed by atoms with van der Waals surface area (Å²) in [5, 5.41) is 12.8. The molecule has 0 atom stereocenters. The lowest BCUT2D eigenvalue weighted by atomic mass is 10.1. The zero-order valence-corrected chi connectivity index (χ0v) is 9.64. The van der Waals surface area contributed by atoms with Crippen LogP contribution < -0.4 is 0 Å². The largest absolute Gasteiger partial charge is 0.478 e. The molecule has 0 amide bonds. The summed E-state index contributed by atoms with van der Waals surface area (Å²) in [6.45, 7) is 0. The highest BCUT2D eigenvalue weighted by molar-refractivity contribution is 5.94. The molecule has 2 rings (SSSR count). The minimum Gasteiger partial charge on any atom is -0.478 e. The molecule has 0 saturated heterocycles. The van der Waals surface area contributed by atoms with E-state index < -0.39 is 17.8 Å². The number of nitrogens with zero attached hydrogens (tertiary/aromatic N) is 3. The summed E-state index contributed by atoms with van der Waals surface area (Å²) < 4.78 is 38.8. The lowest BCUT2D eigenvalue weighted by Gasteiger charge is -2.06. The Bertz CT molecular complexity index is 634. The Labute approximate surface area is 105 Å². The van der Waals surface area contributed by atoms with Crippen molar-refractivity contribution in [3.05, 3.63) is 35.7 Å². The molecule has 1 N–H and O–H groups in total. The number of alkyl halides is 3. The average Bonchev–Trinajstić information content (AvgIpc) is 2.71. The molecule has 0 bridgehead atoms. The fourth-order valence-corrected chi connectivity index (χ4v) is 1.56. The molecule has 5 nitrogen and oxygen atoms in total. The van der Waals surface area contributed by atoms with E-state index in [4.69, 9.17) is 5.11 Å². The van der Waals surface area contributed by atoms with Crippen molar-refractivity contribution in [2.24, 2.45) is 7.05 Å². The molecule has 0 aliphatic rings. The van der Waals surface area contributed by atoms with Gasteiger partial charge in [-0.3, -0.25) is 4.68 Å². The fraction of sp³-hybridized carbons (Fsp3) is 0.182. The highest BCUT2D eigenvalue weighted by atomic mass is 19.4. The van der Waals surface area contributed by atoms with Crippen molar-refractivity contribution in [3.8, 4) is 11.4 Å². The molecular weight excluding hydrogens is 263 g/mol. The third kappa shape index (κ3) is 2.56. The molecule has 0 unspecified atom stereocenters. The lowest BCUT2D eigenvalue weighted by molar-refractivity contribution is -0.141. The number of hydrogen-bond donors (Lipinski definition) is 1. The maximum Gasteiger partial charge on any atom is 0.433 e. The van der Waals surface area contributed by atoms with Gasteiger partial charge in [0.25, 0.3) is 0 Å². The number of carboxylic acids is 1. The molecule has 0 saturated carbocycles. The van der Waals surface area contributed by atoms with Gasteiger partial charge in [-0.15, -0.1) is 0 Å². The SMILES string of the molecule is Cn1cc(C(=O)O)c(-c2cccc(C(F)(F)F)n2)n1. The first-order valence-electron chi connectivity index (χ1n) is 5.10. The summed E-state index contributed by atoms with van der Waals surface area (Å²) in [5.74, 6) is -1.28. The van der Waals surface area contributed by atoms with Gasteiger partial charge in [-0.1, -0.05) is 6.07 Å². The molecule has 8 heteroatoms. The molecule has 2 heterocycles. The van der Waals surface area contributed by atoms with Crippen LogP contribution in [0.5, 0.6) is 0 Å². The van der Waals surface area contributed by atoms with E-state index in [-0.39, 0.29) is 17.0 Å². The Morgan fingerprint density at radius 1 is 1.37 bits per heavy atom. The van der Waals surface area contributed by atoms with E-state index in [1.165, 1.54) is 24.0 Å². The van der Waals surface area contributed by atoms with Gasteiger partial charge < -0.3 is 5.11 Å². The molecule has 0 radical (unpaired) electrons. The van der Waals surface area contributed by atoms with Gasteiger partial charge in [-0.25, -0.2) is 9.78 Å². The van der Waals surface area contributed by atoms with Gasteiger partial charge in [0.15, 0.2) is 0 Å². The molecule has 0 fully saturated rings. The first-order chi connectivity index (χ1) is 8.79. The first-order valence-corrected chi connectivity index (χ1v) is 5.10. The zero-order chi connectivity index (χ0) is 14.2. The highest BCUT2D eigenvalue weighted by Crippen LogP contribution is 2.29. The van der Waals surface area contributed by atoms with Crippen molar-refractivity contribution in [1.29, 1.82) is 0 Å². The molecule has 0 aromatic carbocycles. The quantitative estimate of drug-likeness (QED) is 0.909. The van der Waals surface area contributed by atoms with Crippen molar-refractivity contribution in [1.82, 2.24) is 14.8 Å². The van der Waals surface area contributed by atoms with Gasteiger partial charge in [0.2, 0.25) is 0 Å². The molecule has 19 heavy (non-hydrogen) atoms. The predicted octanol–water partition coefficient (Wildman–Crippen LogP) is 2.20.